The first-order chi connectivity index (χ1) is 12.7. The molecule has 0 unspecified atom stereocenters. The van der Waals surface area contributed by atoms with Gasteiger partial charge in [-0.2, -0.15) is 0 Å². The molecule has 136 valence electrons. The van der Waals surface area contributed by atoms with Crippen LogP contribution in [-0.4, -0.2) is 22.6 Å². The molecule has 2 heterocycles. The number of anilines is 2. The molecule has 2 aliphatic carbocycles. The Morgan fingerprint density at radius 2 is 1.85 bits per heavy atom. The molecule has 1 aromatic carbocycles. The Hall–Kier alpha value is -1.62. The van der Waals surface area contributed by atoms with Crippen LogP contribution in [0.25, 0.3) is 0 Å². The molecule has 0 atom stereocenters. The second-order valence-corrected chi connectivity index (χ2v) is 8.87. The Balaban J connectivity index is 1.42. The predicted octanol–water partition coefficient (Wildman–Crippen LogP) is 5.03. The van der Waals surface area contributed by atoms with Gasteiger partial charge >= 0.3 is 0 Å². The van der Waals surface area contributed by atoms with Crippen LogP contribution in [0.4, 0.5) is 11.6 Å². The SMILES string of the molecule is Brc1ccc2c(c1)CCN(c1cc(NC3CCCC3)nc(C3CC3)n1)C2. The summed E-state index contributed by atoms with van der Waals surface area (Å²) in [6.45, 7) is 1.96. The van der Waals surface area contributed by atoms with E-state index in [2.05, 4.69) is 50.4 Å². The monoisotopic (exact) mass is 412 g/mol. The fraction of sp³-hybridized carbons (Fsp3) is 0.524. The summed E-state index contributed by atoms with van der Waals surface area (Å²) in [6, 6.07) is 9.41. The lowest BCUT2D eigenvalue weighted by Crippen LogP contribution is -2.31. The van der Waals surface area contributed by atoms with Crippen LogP contribution in [0, 0.1) is 0 Å². The van der Waals surface area contributed by atoms with Gasteiger partial charge < -0.3 is 10.2 Å². The van der Waals surface area contributed by atoms with Gasteiger partial charge in [0.1, 0.15) is 17.5 Å². The molecule has 1 aliphatic heterocycles. The van der Waals surface area contributed by atoms with Crippen LogP contribution in [0.1, 0.15) is 61.4 Å². The smallest absolute Gasteiger partial charge is 0.136 e. The number of halogens is 1. The lowest BCUT2D eigenvalue weighted by atomic mass is 10.00. The van der Waals surface area contributed by atoms with Gasteiger partial charge in [-0.1, -0.05) is 34.8 Å². The first-order valence-corrected chi connectivity index (χ1v) is 10.7. The van der Waals surface area contributed by atoms with E-state index in [1.807, 2.05) is 0 Å². The van der Waals surface area contributed by atoms with Gasteiger partial charge in [-0.25, -0.2) is 9.97 Å². The van der Waals surface area contributed by atoms with Crippen molar-refractivity contribution in [3.05, 3.63) is 45.7 Å². The summed E-state index contributed by atoms with van der Waals surface area (Å²) < 4.78 is 1.17. The summed E-state index contributed by atoms with van der Waals surface area (Å²) in [6.07, 6.45) is 8.76. The Labute approximate surface area is 163 Å². The van der Waals surface area contributed by atoms with Crippen molar-refractivity contribution in [3.8, 4) is 0 Å². The summed E-state index contributed by atoms with van der Waals surface area (Å²) in [5.41, 5.74) is 2.87. The fourth-order valence-corrected chi connectivity index (χ4v) is 4.62. The standard InChI is InChI=1S/C21H25BrN4/c22-17-8-7-16-13-26(10-9-15(16)11-17)20-12-19(23-18-3-1-2-4-18)24-21(25-20)14-5-6-14/h7-8,11-12,14,18H,1-6,9-10,13H2,(H,23,24,25). The highest BCUT2D eigenvalue weighted by molar-refractivity contribution is 9.10. The number of hydrogen-bond donors (Lipinski definition) is 1. The van der Waals surface area contributed by atoms with Gasteiger partial charge in [-0.05, 0) is 55.4 Å². The zero-order chi connectivity index (χ0) is 17.5. The van der Waals surface area contributed by atoms with Crippen LogP contribution >= 0.6 is 15.9 Å². The molecule has 5 rings (SSSR count). The highest BCUT2D eigenvalue weighted by Crippen LogP contribution is 2.39. The number of fused-ring (bicyclic) bond motifs is 1. The van der Waals surface area contributed by atoms with E-state index in [4.69, 9.17) is 9.97 Å². The zero-order valence-corrected chi connectivity index (χ0v) is 16.6. The molecule has 2 fully saturated rings. The van der Waals surface area contributed by atoms with Gasteiger partial charge in [0, 0.05) is 35.6 Å². The first-order valence-electron chi connectivity index (χ1n) is 9.92. The number of rotatable bonds is 4. The van der Waals surface area contributed by atoms with E-state index in [1.165, 1.54) is 54.1 Å². The maximum Gasteiger partial charge on any atom is 0.136 e. The van der Waals surface area contributed by atoms with E-state index in [9.17, 15) is 0 Å². The minimum absolute atomic E-state index is 0.576. The minimum atomic E-state index is 0.576. The number of nitrogens with zero attached hydrogens (tertiary/aromatic N) is 3. The van der Waals surface area contributed by atoms with Crippen molar-refractivity contribution in [2.24, 2.45) is 0 Å². The van der Waals surface area contributed by atoms with E-state index >= 15 is 0 Å². The molecule has 4 nitrogen and oxygen atoms in total. The van der Waals surface area contributed by atoms with Gasteiger partial charge in [-0.3, -0.25) is 0 Å². The Morgan fingerprint density at radius 3 is 2.65 bits per heavy atom. The second kappa shape index (κ2) is 6.84. The molecular weight excluding hydrogens is 388 g/mol. The summed E-state index contributed by atoms with van der Waals surface area (Å²) in [4.78, 5) is 12.2. The Kier molecular flexibility index (Phi) is 4.35. The average Bonchev–Trinajstić information content (AvgIpc) is 3.39. The van der Waals surface area contributed by atoms with Crippen molar-refractivity contribution in [1.82, 2.24) is 9.97 Å². The topological polar surface area (TPSA) is 41.0 Å². The van der Waals surface area contributed by atoms with Gasteiger partial charge in [0.15, 0.2) is 0 Å². The van der Waals surface area contributed by atoms with Crippen molar-refractivity contribution >= 4 is 27.6 Å². The molecule has 1 aromatic heterocycles. The van der Waals surface area contributed by atoms with Crippen LogP contribution < -0.4 is 10.2 Å². The molecular formula is C21H25BrN4. The van der Waals surface area contributed by atoms with E-state index in [1.54, 1.807) is 0 Å². The maximum atomic E-state index is 4.95. The van der Waals surface area contributed by atoms with Crippen molar-refractivity contribution in [2.45, 2.75) is 63.5 Å². The van der Waals surface area contributed by atoms with Crippen LogP contribution in [0.5, 0.6) is 0 Å². The quantitative estimate of drug-likeness (QED) is 0.763. The maximum absolute atomic E-state index is 4.95. The normalized spacial score (nSPS) is 20.3. The second-order valence-electron chi connectivity index (χ2n) is 7.95. The van der Waals surface area contributed by atoms with Gasteiger partial charge in [0.25, 0.3) is 0 Å². The molecule has 0 saturated heterocycles. The van der Waals surface area contributed by atoms with E-state index in [0.717, 1.165) is 37.0 Å². The van der Waals surface area contributed by atoms with Crippen molar-refractivity contribution in [1.29, 1.82) is 0 Å². The van der Waals surface area contributed by atoms with Crippen LogP contribution in [-0.2, 0) is 13.0 Å². The van der Waals surface area contributed by atoms with Crippen molar-refractivity contribution in [3.63, 3.8) is 0 Å². The summed E-state index contributed by atoms with van der Waals surface area (Å²) in [5, 5.41) is 3.69. The predicted molar refractivity (Wildman–Crippen MR) is 109 cm³/mol. The molecule has 2 aromatic rings. The molecule has 5 heteroatoms. The molecule has 1 N–H and O–H groups in total. The third-order valence-corrected chi connectivity index (χ3v) is 6.38. The fourth-order valence-electron chi connectivity index (χ4n) is 4.21. The minimum Gasteiger partial charge on any atom is -0.367 e. The first kappa shape index (κ1) is 16.5. The summed E-state index contributed by atoms with van der Waals surface area (Å²) in [7, 11) is 0. The summed E-state index contributed by atoms with van der Waals surface area (Å²) >= 11 is 3.59. The lowest BCUT2D eigenvalue weighted by molar-refractivity contribution is 0.710. The molecule has 3 aliphatic rings. The number of nitrogens with one attached hydrogen (secondary N) is 1. The average molecular weight is 413 g/mol. The molecule has 0 spiro atoms. The van der Waals surface area contributed by atoms with Crippen molar-refractivity contribution in [2.75, 3.05) is 16.8 Å². The third-order valence-electron chi connectivity index (χ3n) is 5.88. The molecule has 0 bridgehead atoms. The lowest BCUT2D eigenvalue weighted by Gasteiger charge is -2.30. The zero-order valence-electron chi connectivity index (χ0n) is 15.0. The third kappa shape index (κ3) is 3.46. The Morgan fingerprint density at radius 1 is 1.00 bits per heavy atom. The van der Waals surface area contributed by atoms with E-state index < -0.39 is 0 Å². The highest BCUT2D eigenvalue weighted by atomic mass is 79.9. The number of hydrogen-bond acceptors (Lipinski definition) is 4. The molecule has 0 amide bonds. The Bertz CT molecular complexity index is 812. The molecule has 26 heavy (non-hydrogen) atoms. The highest BCUT2D eigenvalue weighted by Gasteiger charge is 2.29. The van der Waals surface area contributed by atoms with E-state index in [0.29, 0.717) is 12.0 Å². The van der Waals surface area contributed by atoms with E-state index in [-0.39, 0.29) is 0 Å². The number of benzene rings is 1. The van der Waals surface area contributed by atoms with Crippen LogP contribution in [0.15, 0.2) is 28.7 Å². The van der Waals surface area contributed by atoms with Gasteiger partial charge in [0.2, 0.25) is 0 Å². The largest absolute Gasteiger partial charge is 0.367 e. The number of aromatic nitrogens is 2. The van der Waals surface area contributed by atoms with Crippen molar-refractivity contribution < 1.29 is 0 Å². The molecule has 0 radical (unpaired) electrons. The van der Waals surface area contributed by atoms with Crippen LogP contribution in [0.3, 0.4) is 0 Å². The van der Waals surface area contributed by atoms with Gasteiger partial charge in [0.05, 0.1) is 0 Å². The summed E-state index contributed by atoms with van der Waals surface area (Å²) in [5.74, 6) is 3.75. The molecule has 2 saturated carbocycles. The van der Waals surface area contributed by atoms with Gasteiger partial charge in [-0.15, -0.1) is 0 Å². The van der Waals surface area contributed by atoms with Crippen LogP contribution in [0.2, 0.25) is 0 Å².